The molecule has 0 aromatic heterocycles. The predicted molar refractivity (Wildman–Crippen MR) is 48.1 cm³/mol. The zero-order valence-corrected chi connectivity index (χ0v) is 7.72. The van der Waals surface area contributed by atoms with Gasteiger partial charge in [0.2, 0.25) is 0 Å². The van der Waals surface area contributed by atoms with E-state index in [9.17, 15) is 0 Å². The summed E-state index contributed by atoms with van der Waals surface area (Å²) in [6.45, 7) is 6.25. The Kier molecular flexibility index (Phi) is 5.56. The average Bonchev–Trinajstić information content (AvgIpc) is 2.03. The quantitative estimate of drug-likeness (QED) is 0.566. The van der Waals surface area contributed by atoms with E-state index in [1.165, 1.54) is 12.0 Å². The smallest absolute Gasteiger partial charge is 0.0700 e. The molecule has 0 aromatic carbocycles. The first-order valence-corrected chi connectivity index (χ1v) is 4.32. The molecule has 1 heteroatoms. The molecule has 0 N–H and O–H groups in total. The van der Waals surface area contributed by atoms with E-state index in [2.05, 4.69) is 26.0 Å². The molecular weight excluding hydrogens is 134 g/mol. The topological polar surface area (TPSA) is 23.8 Å². The largest absolute Gasteiger partial charge is 0.198 e. The molecule has 0 heterocycles. The van der Waals surface area contributed by atoms with E-state index in [0.717, 1.165) is 12.8 Å². The van der Waals surface area contributed by atoms with Gasteiger partial charge < -0.3 is 0 Å². The second-order valence-electron chi connectivity index (χ2n) is 2.83. The molecule has 1 nitrogen and oxygen atoms in total. The van der Waals surface area contributed by atoms with Gasteiger partial charge in [0.1, 0.15) is 0 Å². The van der Waals surface area contributed by atoms with E-state index in [-0.39, 0.29) is 5.92 Å². The first-order valence-electron chi connectivity index (χ1n) is 4.32. The SMILES string of the molecule is CCC/C=C(\C)C(C#N)CC. The van der Waals surface area contributed by atoms with Crippen LogP contribution in [0.2, 0.25) is 0 Å². The first-order chi connectivity index (χ1) is 5.26. The van der Waals surface area contributed by atoms with Crippen LogP contribution in [0.5, 0.6) is 0 Å². The molecule has 11 heavy (non-hydrogen) atoms. The molecule has 0 radical (unpaired) electrons. The number of nitrogens with zero attached hydrogens (tertiary/aromatic N) is 1. The van der Waals surface area contributed by atoms with Crippen molar-refractivity contribution in [1.29, 1.82) is 5.26 Å². The van der Waals surface area contributed by atoms with Crippen LogP contribution in [0.4, 0.5) is 0 Å². The van der Waals surface area contributed by atoms with E-state index in [4.69, 9.17) is 5.26 Å². The summed E-state index contributed by atoms with van der Waals surface area (Å²) in [4.78, 5) is 0. The minimum absolute atomic E-state index is 0.140. The highest BCUT2D eigenvalue weighted by molar-refractivity contribution is 5.11. The Bertz CT molecular complexity index is 162. The number of hydrogen-bond donors (Lipinski definition) is 0. The number of unbranched alkanes of at least 4 members (excludes halogenated alkanes) is 1. The molecule has 0 fully saturated rings. The van der Waals surface area contributed by atoms with Crippen LogP contribution in [0.1, 0.15) is 40.0 Å². The van der Waals surface area contributed by atoms with Gasteiger partial charge in [-0.25, -0.2) is 0 Å². The molecule has 1 atom stereocenters. The minimum Gasteiger partial charge on any atom is -0.198 e. The lowest BCUT2D eigenvalue weighted by Gasteiger charge is -2.04. The molecule has 0 aliphatic rings. The number of nitriles is 1. The summed E-state index contributed by atoms with van der Waals surface area (Å²) < 4.78 is 0. The van der Waals surface area contributed by atoms with Crippen LogP contribution in [-0.4, -0.2) is 0 Å². The Hall–Kier alpha value is -0.770. The van der Waals surface area contributed by atoms with Gasteiger partial charge in [-0.2, -0.15) is 5.26 Å². The van der Waals surface area contributed by atoms with Crippen molar-refractivity contribution in [3.05, 3.63) is 11.6 Å². The van der Waals surface area contributed by atoms with Crippen LogP contribution in [0.3, 0.4) is 0 Å². The lowest BCUT2D eigenvalue weighted by Crippen LogP contribution is -1.95. The van der Waals surface area contributed by atoms with Gasteiger partial charge in [-0.3, -0.25) is 0 Å². The van der Waals surface area contributed by atoms with Crippen LogP contribution in [0.15, 0.2) is 11.6 Å². The molecule has 0 rings (SSSR count). The van der Waals surface area contributed by atoms with Gasteiger partial charge in [0.25, 0.3) is 0 Å². The summed E-state index contributed by atoms with van der Waals surface area (Å²) >= 11 is 0. The predicted octanol–water partition coefficient (Wildman–Crippen LogP) is 3.28. The van der Waals surface area contributed by atoms with Gasteiger partial charge in [0, 0.05) is 0 Å². The monoisotopic (exact) mass is 151 g/mol. The van der Waals surface area contributed by atoms with E-state index in [0.29, 0.717) is 0 Å². The number of rotatable bonds is 4. The van der Waals surface area contributed by atoms with Gasteiger partial charge in [0.15, 0.2) is 0 Å². The highest BCUT2D eigenvalue weighted by Crippen LogP contribution is 2.13. The van der Waals surface area contributed by atoms with Crippen molar-refractivity contribution in [2.24, 2.45) is 5.92 Å². The lowest BCUT2D eigenvalue weighted by atomic mass is 9.98. The first kappa shape index (κ1) is 10.2. The van der Waals surface area contributed by atoms with E-state index in [1.807, 2.05) is 6.92 Å². The molecular formula is C10H17N. The van der Waals surface area contributed by atoms with Crippen molar-refractivity contribution < 1.29 is 0 Å². The third kappa shape index (κ3) is 3.83. The number of allylic oxidation sites excluding steroid dienone is 2. The van der Waals surface area contributed by atoms with E-state index in [1.54, 1.807) is 0 Å². The Morgan fingerprint density at radius 1 is 1.55 bits per heavy atom. The van der Waals surface area contributed by atoms with Crippen molar-refractivity contribution in [2.45, 2.75) is 40.0 Å². The van der Waals surface area contributed by atoms with E-state index >= 15 is 0 Å². The highest BCUT2D eigenvalue weighted by Gasteiger charge is 2.04. The molecule has 0 amide bonds. The zero-order valence-electron chi connectivity index (χ0n) is 7.72. The Morgan fingerprint density at radius 3 is 2.55 bits per heavy atom. The lowest BCUT2D eigenvalue weighted by molar-refractivity contribution is 0.732. The molecule has 62 valence electrons. The summed E-state index contributed by atoms with van der Waals surface area (Å²) in [5, 5.41) is 8.70. The van der Waals surface area contributed by atoms with Gasteiger partial charge in [-0.15, -0.1) is 0 Å². The summed E-state index contributed by atoms with van der Waals surface area (Å²) in [6.07, 6.45) is 5.38. The van der Waals surface area contributed by atoms with E-state index < -0.39 is 0 Å². The fourth-order valence-electron chi connectivity index (χ4n) is 1.03. The van der Waals surface area contributed by atoms with Crippen LogP contribution in [0.25, 0.3) is 0 Å². The molecule has 0 aromatic rings. The summed E-state index contributed by atoms with van der Waals surface area (Å²) in [7, 11) is 0. The standard InChI is InChI=1S/C10H17N/c1-4-6-7-9(3)10(5-2)8-11/h7,10H,4-6H2,1-3H3/b9-7+. The van der Waals surface area contributed by atoms with Crippen LogP contribution in [-0.2, 0) is 0 Å². The van der Waals surface area contributed by atoms with Gasteiger partial charge in [0.05, 0.1) is 12.0 Å². The van der Waals surface area contributed by atoms with Crippen LogP contribution >= 0.6 is 0 Å². The molecule has 0 saturated heterocycles. The molecule has 0 saturated carbocycles. The third-order valence-electron chi connectivity index (χ3n) is 1.87. The van der Waals surface area contributed by atoms with Crippen molar-refractivity contribution in [1.82, 2.24) is 0 Å². The molecule has 0 aliphatic heterocycles. The molecule has 0 spiro atoms. The maximum Gasteiger partial charge on any atom is 0.0700 e. The van der Waals surface area contributed by atoms with Gasteiger partial charge >= 0.3 is 0 Å². The van der Waals surface area contributed by atoms with Crippen molar-refractivity contribution in [3.63, 3.8) is 0 Å². The summed E-state index contributed by atoms with van der Waals surface area (Å²) in [5.74, 6) is 0.140. The second kappa shape index (κ2) is 5.97. The normalized spacial score (nSPS) is 14.2. The van der Waals surface area contributed by atoms with Crippen molar-refractivity contribution in [2.75, 3.05) is 0 Å². The van der Waals surface area contributed by atoms with Gasteiger partial charge in [-0.1, -0.05) is 31.9 Å². The maximum absolute atomic E-state index is 8.70. The molecule has 0 aliphatic carbocycles. The van der Waals surface area contributed by atoms with Crippen molar-refractivity contribution >= 4 is 0 Å². The fourth-order valence-corrected chi connectivity index (χ4v) is 1.03. The van der Waals surface area contributed by atoms with Crippen molar-refractivity contribution in [3.8, 4) is 6.07 Å². The summed E-state index contributed by atoms with van der Waals surface area (Å²) in [5.41, 5.74) is 1.23. The Labute approximate surface area is 69.7 Å². The number of hydrogen-bond acceptors (Lipinski definition) is 1. The van der Waals surface area contributed by atoms with Gasteiger partial charge in [-0.05, 0) is 19.8 Å². The summed E-state index contributed by atoms with van der Waals surface area (Å²) in [6, 6.07) is 2.29. The Morgan fingerprint density at radius 2 is 2.18 bits per heavy atom. The molecule has 1 unspecified atom stereocenters. The second-order valence-corrected chi connectivity index (χ2v) is 2.83. The van der Waals surface area contributed by atoms with Crippen LogP contribution in [0, 0.1) is 17.2 Å². The maximum atomic E-state index is 8.70. The highest BCUT2D eigenvalue weighted by atomic mass is 14.3. The fraction of sp³-hybridized carbons (Fsp3) is 0.700. The zero-order chi connectivity index (χ0) is 8.69. The van der Waals surface area contributed by atoms with Crippen LogP contribution < -0.4 is 0 Å². The Balaban J connectivity index is 3.99. The third-order valence-corrected chi connectivity index (χ3v) is 1.87. The minimum atomic E-state index is 0.140. The molecule has 0 bridgehead atoms. The average molecular weight is 151 g/mol.